The highest BCUT2D eigenvalue weighted by molar-refractivity contribution is 7.91. The van der Waals surface area contributed by atoms with Gasteiger partial charge in [0, 0.05) is 6.26 Å². The second-order valence-electron chi connectivity index (χ2n) is 1.84. The number of hydrogen-bond donors (Lipinski definition) is 1. The summed E-state index contributed by atoms with van der Waals surface area (Å²) in [5, 5.41) is 7.89. The van der Waals surface area contributed by atoms with Crippen LogP contribution in [0.15, 0.2) is 0 Å². The minimum atomic E-state index is -3.41. The Bertz CT molecular complexity index is 229. The third kappa shape index (κ3) is 4.57. The molecule has 0 saturated carbocycles. The van der Waals surface area contributed by atoms with Crippen LogP contribution in [-0.4, -0.2) is 31.4 Å². The van der Waals surface area contributed by atoms with E-state index in [1.165, 1.54) is 0 Å². The Morgan fingerprint density at radius 3 is 2.27 bits per heavy atom. The largest absolute Gasteiger partial charge is 0.537 e. The second kappa shape index (κ2) is 3.54. The first-order valence-corrected chi connectivity index (χ1v) is 4.54. The highest BCUT2D eigenvalue weighted by Gasteiger charge is 2.17. The summed E-state index contributed by atoms with van der Waals surface area (Å²) >= 11 is 0. The molecule has 1 unspecified atom stereocenters. The molecule has 0 bridgehead atoms. The Labute approximate surface area is 63.6 Å². The average Bonchev–Trinajstić information content (AvgIpc) is 1.80. The average molecular weight is 184 g/mol. The van der Waals surface area contributed by atoms with E-state index in [0.717, 1.165) is 13.2 Å². The van der Waals surface area contributed by atoms with Crippen LogP contribution in [0.4, 0.5) is 4.79 Å². The first-order valence-electron chi connectivity index (χ1n) is 2.59. The standard InChI is InChI=1S/C4H8O6S/c1-3(11(2,7)8)9-10-4(5)6/h3H,1-2H3,(H,5,6). The number of carbonyl (C=O) groups is 1. The molecule has 1 N–H and O–H groups in total. The summed E-state index contributed by atoms with van der Waals surface area (Å²) in [5.41, 5.74) is -1.28. The van der Waals surface area contributed by atoms with E-state index in [-0.39, 0.29) is 0 Å². The quantitative estimate of drug-likeness (QED) is 0.490. The maximum absolute atomic E-state index is 10.5. The fourth-order valence-electron chi connectivity index (χ4n) is 0.180. The molecule has 0 aromatic carbocycles. The number of hydrogen-bond acceptors (Lipinski definition) is 5. The maximum atomic E-state index is 10.5. The Morgan fingerprint density at radius 1 is 1.55 bits per heavy atom. The van der Waals surface area contributed by atoms with Crippen molar-refractivity contribution in [2.45, 2.75) is 12.4 Å². The van der Waals surface area contributed by atoms with Crippen LogP contribution in [0.1, 0.15) is 6.92 Å². The van der Waals surface area contributed by atoms with Gasteiger partial charge in [0.05, 0.1) is 0 Å². The zero-order valence-electron chi connectivity index (χ0n) is 5.97. The van der Waals surface area contributed by atoms with Gasteiger partial charge < -0.3 is 5.11 Å². The lowest BCUT2D eigenvalue weighted by atomic mass is 10.9. The molecule has 66 valence electrons. The smallest absolute Gasteiger partial charge is 0.448 e. The lowest BCUT2D eigenvalue weighted by molar-refractivity contribution is -0.259. The normalized spacial score (nSPS) is 14.0. The van der Waals surface area contributed by atoms with Crippen molar-refractivity contribution in [3.63, 3.8) is 0 Å². The molecule has 0 aliphatic carbocycles. The molecule has 0 aromatic rings. The molecular weight excluding hydrogens is 176 g/mol. The van der Waals surface area contributed by atoms with Crippen molar-refractivity contribution in [3.8, 4) is 0 Å². The van der Waals surface area contributed by atoms with E-state index in [4.69, 9.17) is 5.11 Å². The van der Waals surface area contributed by atoms with Gasteiger partial charge in [-0.05, 0) is 6.92 Å². The zero-order valence-corrected chi connectivity index (χ0v) is 6.79. The molecule has 0 radical (unpaired) electrons. The summed E-state index contributed by atoms with van der Waals surface area (Å²) in [7, 11) is -3.41. The predicted molar refractivity (Wildman–Crippen MR) is 34.5 cm³/mol. The van der Waals surface area contributed by atoms with Crippen LogP contribution < -0.4 is 0 Å². The van der Waals surface area contributed by atoms with Gasteiger partial charge in [-0.25, -0.2) is 13.2 Å². The van der Waals surface area contributed by atoms with Crippen LogP contribution in [0.25, 0.3) is 0 Å². The summed E-state index contributed by atoms with van der Waals surface area (Å²) in [5.74, 6) is 0. The molecule has 0 rings (SSSR count). The molecule has 0 spiro atoms. The Morgan fingerprint density at radius 2 is 2.00 bits per heavy atom. The molecule has 0 saturated heterocycles. The molecule has 7 heteroatoms. The predicted octanol–water partition coefficient (Wildman–Crippen LogP) is 0.00320. The topological polar surface area (TPSA) is 89.9 Å². The summed E-state index contributed by atoms with van der Waals surface area (Å²) in [6.45, 7) is 1.16. The van der Waals surface area contributed by atoms with Crippen molar-refractivity contribution in [1.82, 2.24) is 0 Å². The van der Waals surface area contributed by atoms with Crippen LogP contribution >= 0.6 is 0 Å². The first-order chi connectivity index (χ1) is 4.84. The van der Waals surface area contributed by atoms with Crippen LogP contribution in [0.3, 0.4) is 0 Å². The third-order valence-corrected chi connectivity index (χ3v) is 2.14. The van der Waals surface area contributed by atoms with E-state index in [0.29, 0.717) is 0 Å². The van der Waals surface area contributed by atoms with E-state index in [1.54, 1.807) is 0 Å². The minimum absolute atomic E-state index is 0.906. The fourth-order valence-corrected chi connectivity index (χ4v) is 0.362. The lowest BCUT2D eigenvalue weighted by Crippen LogP contribution is -2.21. The van der Waals surface area contributed by atoms with Gasteiger partial charge in [-0.3, -0.25) is 4.89 Å². The number of rotatable bonds is 3. The highest BCUT2D eigenvalue weighted by atomic mass is 32.2. The fraction of sp³-hybridized carbons (Fsp3) is 0.750. The van der Waals surface area contributed by atoms with E-state index < -0.39 is 21.4 Å². The molecule has 0 heterocycles. The number of sulfone groups is 1. The van der Waals surface area contributed by atoms with Gasteiger partial charge in [-0.15, -0.1) is 0 Å². The molecule has 1 atom stereocenters. The molecular formula is C4H8O6S. The lowest BCUT2D eigenvalue weighted by Gasteiger charge is -2.05. The third-order valence-electron chi connectivity index (χ3n) is 0.858. The molecule has 0 aromatic heterocycles. The van der Waals surface area contributed by atoms with Gasteiger partial charge in [0.25, 0.3) is 0 Å². The minimum Gasteiger partial charge on any atom is -0.448 e. The molecule has 11 heavy (non-hydrogen) atoms. The van der Waals surface area contributed by atoms with Crippen molar-refractivity contribution < 1.29 is 28.1 Å². The van der Waals surface area contributed by atoms with Crippen LogP contribution in [0, 0.1) is 0 Å². The molecule has 0 amide bonds. The summed E-state index contributed by atoms with van der Waals surface area (Å²) < 4.78 is 21.1. The van der Waals surface area contributed by atoms with Crippen LogP contribution in [0.2, 0.25) is 0 Å². The summed E-state index contributed by atoms with van der Waals surface area (Å²) in [6, 6.07) is 0. The molecule has 0 aliphatic rings. The highest BCUT2D eigenvalue weighted by Crippen LogP contribution is 1.99. The SMILES string of the molecule is CC(OOC(=O)O)S(C)(=O)=O. The van der Waals surface area contributed by atoms with Crippen LogP contribution in [-0.2, 0) is 19.6 Å². The first kappa shape index (κ1) is 10.2. The monoisotopic (exact) mass is 184 g/mol. The van der Waals surface area contributed by atoms with E-state index in [1.807, 2.05) is 0 Å². The molecule has 0 aliphatic heterocycles. The zero-order chi connectivity index (χ0) is 9.07. The van der Waals surface area contributed by atoms with Gasteiger partial charge in [0.2, 0.25) is 5.44 Å². The van der Waals surface area contributed by atoms with Crippen LogP contribution in [0.5, 0.6) is 0 Å². The van der Waals surface area contributed by atoms with Crippen molar-refractivity contribution in [1.29, 1.82) is 0 Å². The Kier molecular flexibility index (Phi) is 3.27. The molecule has 6 nitrogen and oxygen atoms in total. The maximum Gasteiger partial charge on any atom is 0.537 e. The van der Waals surface area contributed by atoms with Crippen molar-refractivity contribution >= 4 is 16.0 Å². The van der Waals surface area contributed by atoms with E-state index in [9.17, 15) is 13.2 Å². The summed E-state index contributed by atoms with van der Waals surface area (Å²) in [6.07, 6.45) is -0.774. The van der Waals surface area contributed by atoms with Gasteiger partial charge in [0.15, 0.2) is 9.84 Å². The second-order valence-corrected chi connectivity index (χ2v) is 4.17. The van der Waals surface area contributed by atoms with Crippen molar-refractivity contribution in [3.05, 3.63) is 0 Å². The van der Waals surface area contributed by atoms with Gasteiger partial charge in [-0.2, -0.15) is 4.89 Å². The Hall–Kier alpha value is -0.820. The van der Waals surface area contributed by atoms with Gasteiger partial charge >= 0.3 is 6.16 Å². The Balaban J connectivity index is 3.90. The van der Waals surface area contributed by atoms with E-state index in [2.05, 4.69) is 9.78 Å². The number of carboxylic acid groups (broad SMARTS) is 1. The van der Waals surface area contributed by atoms with E-state index >= 15 is 0 Å². The molecule has 0 fully saturated rings. The van der Waals surface area contributed by atoms with Crippen molar-refractivity contribution in [2.24, 2.45) is 0 Å². The summed E-state index contributed by atoms with van der Waals surface area (Å²) in [4.78, 5) is 17.2. The van der Waals surface area contributed by atoms with Gasteiger partial charge in [0.1, 0.15) is 0 Å². The van der Waals surface area contributed by atoms with Crippen molar-refractivity contribution in [2.75, 3.05) is 6.26 Å². The van der Waals surface area contributed by atoms with Gasteiger partial charge in [-0.1, -0.05) is 0 Å².